The zero-order valence-electron chi connectivity index (χ0n) is 19.0. The van der Waals surface area contributed by atoms with Crippen LogP contribution >= 0.6 is 23.2 Å². The molecule has 1 aromatic heterocycles. The maximum atomic E-state index is 12.6. The molecule has 11 heteroatoms. The van der Waals surface area contributed by atoms with Crippen LogP contribution in [0.1, 0.15) is 42.4 Å². The SMILES string of the molecule is CC(=NNC(=O)C(C)n1nc(C)c([N+](=O)[O-])c1C)c1ccc(OCc2ccc(Cl)cc2Cl)cc1. The number of amides is 1. The molecule has 0 bridgehead atoms. The monoisotopic (exact) mass is 503 g/mol. The Labute approximate surface area is 206 Å². The molecule has 1 heterocycles. The lowest BCUT2D eigenvalue weighted by Gasteiger charge is -2.12. The van der Waals surface area contributed by atoms with Gasteiger partial charge >= 0.3 is 5.69 Å². The minimum absolute atomic E-state index is 0.0972. The molecule has 178 valence electrons. The summed E-state index contributed by atoms with van der Waals surface area (Å²) in [6.07, 6.45) is 0. The molecule has 1 unspecified atom stereocenters. The molecule has 0 radical (unpaired) electrons. The number of rotatable bonds is 8. The molecule has 0 saturated heterocycles. The summed E-state index contributed by atoms with van der Waals surface area (Å²) >= 11 is 12.1. The highest BCUT2D eigenvalue weighted by atomic mass is 35.5. The second-order valence-electron chi connectivity index (χ2n) is 7.62. The Hall–Kier alpha value is -3.43. The number of carbonyl (C=O) groups excluding carboxylic acids is 1. The predicted octanol–water partition coefficient (Wildman–Crippen LogP) is 5.40. The number of ether oxygens (including phenoxy) is 1. The third kappa shape index (κ3) is 5.73. The maximum absolute atomic E-state index is 12.6. The summed E-state index contributed by atoms with van der Waals surface area (Å²) in [5, 5.41) is 20.6. The minimum atomic E-state index is -0.778. The van der Waals surface area contributed by atoms with Crippen LogP contribution in [0.3, 0.4) is 0 Å². The van der Waals surface area contributed by atoms with Crippen LogP contribution in [0.5, 0.6) is 5.75 Å². The number of hydrazone groups is 1. The molecule has 0 fully saturated rings. The Morgan fingerprint density at radius 2 is 1.91 bits per heavy atom. The molecule has 34 heavy (non-hydrogen) atoms. The highest BCUT2D eigenvalue weighted by Gasteiger charge is 2.27. The fourth-order valence-corrected chi connectivity index (χ4v) is 3.76. The second kappa shape index (κ2) is 10.7. The van der Waals surface area contributed by atoms with E-state index in [9.17, 15) is 14.9 Å². The van der Waals surface area contributed by atoms with Crippen molar-refractivity contribution in [2.24, 2.45) is 5.10 Å². The van der Waals surface area contributed by atoms with Crippen molar-refractivity contribution >= 4 is 40.5 Å². The first kappa shape index (κ1) is 25.2. The van der Waals surface area contributed by atoms with E-state index in [1.165, 1.54) is 11.6 Å². The third-order valence-electron chi connectivity index (χ3n) is 5.23. The quantitative estimate of drug-likeness (QED) is 0.251. The summed E-state index contributed by atoms with van der Waals surface area (Å²) in [5.41, 5.74) is 5.14. The Morgan fingerprint density at radius 3 is 2.50 bits per heavy atom. The van der Waals surface area contributed by atoms with Gasteiger partial charge < -0.3 is 4.74 Å². The van der Waals surface area contributed by atoms with E-state index in [0.717, 1.165) is 11.1 Å². The van der Waals surface area contributed by atoms with E-state index in [0.29, 0.717) is 33.8 Å². The summed E-state index contributed by atoms with van der Waals surface area (Å²) in [6, 6.07) is 11.7. The lowest BCUT2D eigenvalue weighted by atomic mass is 10.1. The average Bonchev–Trinajstić information content (AvgIpc) is 3.10. The fourth-order valence-electron chi connectivity index (χ4n) is 3.30. The normalized spacial score (nSPS) is 12.4. The number of aryl methyl sites for hydroxylation is 1. The maximum Gasteiger partial charge on any atom is 0.312 e. The molecule has 1 N–H and O–H groups in total. The van der Waals surface area contributed by atoms with Gasteiger partial charge in [0.2, 0.25) is 0 Å². The van der Waals surface area contributed by atoms with E-state index in [1.54, 1.807) is 45.0 Å². The van der Waals surface area contributed by atoms with Gasteiger partial charge in [-0.05, 0) is 69.7 Å². The average molecular weight is 504 g/mol. The Kier molecular flexibility index (Phi) is 7.90. The van der Waals surface area contributed by atoms with Crippen molar-refractivity contribution in [1.82, 2.24) is 15.2 Å². The van der Waals surface area contributed by atoms with E-state index in [2.05, 4.69) is 15.6 Å². The van der Waals surface area contributed by atoms with Crippen molar-refractivity contribution in [2.45, 2.75) is 40.3 Å². The van der Waals surface area contributed by atoms with Crippen LogP contribution < -0.4 is 10.2 Å². The molecule has 3 rings (SSSR count). The van der Waals surface area contributed by atoms with Gasteiger partial charge in [0.25, 0.3) is 5.91 Å². The van der Waals surface area contributed by atoms with Gasteiger partial charge in [0, 0.05) is 15.6 Å². The smallest absolute Gasteiger partial charge is 0.312 e. The van der Waals surface area contributed by atoms with E-state index in [4.69, 9.17) is 27.9 Å². The topological polar surface area (TPSA) is 112 Å². The van der Waals surface area contributed by atoms with Crippen LogP contribution in [-0.2, 0) is 11.4 Å². The van der Waals surface area contributed by atoms with Gasteiger partial charge in [0.15, 0.2) is 0 Å². The number of halogens is 2. The van der Waals surface area contributed by atoms with E-state index >= 15 is 0 Å². The number of aromatic nitrogens is 2. The Morgan fingerprint density at radius 1 is 1.24 bits per heavy atom. The lowest BCUT2D eigenvalue weighted by Crippen LogP contribution is -2.29. The van der Waals surface area contributed by atoms with Gasteiger partial charge in [-0.2, -0.15) is 10.2 Å². The molecule has 0 aliphatic rings. The van der Waals surface area contributed by atoms with Gasteiger partial charge in [0.05, 0.1) is 10.6 Å². The van der Waals surface area contributed by atoms with Crippen molar-refractivity contribution < 1.29 is 14.5 Å². The lowest BCUT2D eigenvalue weighted by molar-refractivity contribution is -0.386. The summed E-state index contributed by atoms with van der Waals surface area (Å²) in [4.78, 5) is 23.2. The summed E-state index contributed by atoms with van der Waals surface area (Å²) < 4.78 is 7.10. The largest absolute Gasteiger partial charge is 0.489 e. The number of benzene rings is 2. The van der Waals surface area contributed by atoms with Crippen LogP contribution in [0.25, 0.3) is 0 Å². The van der Waals surface area contributed by atoms with Gasteiger partial charge in [-0.15, -0.1) is 0 Å². The van der Waals surface area contributed by atoms with E-state index < -0.39 is 16.9 Å². The predicted molar refractivity (Wildman–Crippen MR) is 131 cm³/mol. The highest BCUT2D eigenvalue weighted by molar-refractivity contribution is 6.35. The van der Waals surface area contributed by atoms with Crippen LogP contribution in [-0.4, -0.2) is 26.3 Å². The number of nitro groups is 1. The highest BCUT2D eigenvalue weighted by Crippen LogP contribution is 2.25. The van der Waals surface area contributed by atoms with Crippen molar-refractivity contribution in [1.29, 1.82) is 0 Å². The fraction of sp³-hybridized carbons (Fsp3) is 0.261. The van der Waals surface area contributed by atoms with E-state index in [-0.39, 0.29) is 11.4 Å². The molecular formula is C23H23Cl2N5O4. The Balaban J connectivity index is 1.62. The van der Waals surface area contributed by atoms with Crippen molar-refractivity contribution in [3.05, 3.63) is 85.1 Å². The molecule has 0 saturated carbocycles. The summed E-state index contributed by atoms with van der Waals surface area (Å²) in [5.74, 6) is 0.200. The summed E-state index contributed by atoms with van der Waals surface area (Å²) in [7, 11) is 0. The molecular weight excluding hydrogens is 481 g/mol. The number of hydrogen-bond donors (Lipinski definition) is 1. The molecule has 1 amide bonds. The Bertz CT molecular complexity index is 1250. The standard InChI is InChI=1S/C23H23Cl2N5O4/c1-13(26-27-23(31)16(4)29-15(3)22(30(32)33)14(2)28-29)17-6-9-20(10-7-17)34-12-18-5-8-19(24)11-21(18)25/h5-11,16H,12H2,1-4H3,(H,27,31). The van der Waals surface area contributed by atoms with Gasteiger partial charge in [-0.25, -0.2) is 5.43 Å². The van der Waals surface area contributed by atoms with Crippen LogP contribution in [0.2, 0.25) is 10.0 Å². The minimum Gasteiger partial charge on any atom is -0.489 e. The molecule has 0 spiro atoms. The van der Waals surface area contributed by atoms with Crippen molar-refractivity contribution in [2.75, 3.05) is 0 Å². The third-order valence-corrected chi connectivity index (χ3v) is 5.82. The number of carbonyl (C=O) groups is 1. The first-order chi connectivity index (χ1) is 16.1. The summed E-state index contributed by atoms with van der Waals surface area (Å²) in [6.45, 7) is 6.73. The zero-order valence-corrected chi connectivity index (χ0v) is 20.5. The molecule has 2 aromatic carbocycles. The second-order valence-corrected chi connectivity index (χ2v) is 8.46. The number of hydrogen-bond acceptors (Lipinski definition) is 6. The van der Waals surface area contributed by atoms with Crippen LogP contribution in [0.4, 0.5) is 5.69 Å². The van der Waals surface area contributed by atoms with Crippen molar-refractivity contribution in [3.63, 3.8) is 0 Å². The molecule has 0 aliphatic carbocycles. The number of nitrogens with zero attached hydrogens (tertiary/aromatic N) is 4. The van der Waals surface area contributed by atoms with E-state index in [1.807, 2.05) is 18.2 Å². The molecule has 0 aliphatic heterocycles. The van der Waals surface area contributed by atoms with Gasteiger partial charge in [-0.1, -0.05) is 29.3 Å². The first-order valence-electron chi connectivity index (χ1n) is 10.3. The molecule has 9 nitrogen and oxygen atoms in total. The van der Waals surface area contributed by atoms with Crippen LogP contribution in [0.15, 0.2) is 47.6 Å². The number of nitrogens with one attached hydrogen (secondary N) is 1. The van der Waals surface area contributed by atoms with Crippen LogP contribution in [0, 0.1) is 24.0 Å². The van der Waals surface area contributed by atoms with Gasteiger partial charge in [-0.3, -0.25) is 19.6 Å². The van der Waals surface area contributed by atoms with Gasteiger partial charge in [0.1, 0.15) is 29.8 Å². The zero-order chi connectivity index (χ0) is 25.0. The molecule has 3 aromatic rings. The first-order valence-corrected chi connectivity index (χ1v) is 11.1. The van der Waals surface area contributed by atoms with Crippen molar-refractivity contribution in [3.8, 4) is 5.75 Å². The molecule has 1 atom stereocenters.